The molecule has 0 spiro atoms. The number of amides is 1. The zero-order chi connectivity index (χ0) is 11.6. The number of nitrogens with one attached hydrogen (secondary N) is 2. The van der Waals surface area contributed by atoms with Gasteiger partial charge in [0.05, 0.1) is 11.5 Å². The summed E-state index contributed by atoms with van der Waals surface area (Å²) in [6.07, 6.45) is 3.19. The van der Waals surface area contributed by atoms with Crippen molar-refractivity contribution in [3.63, 3.8) is 0 Å². The van der Waals surface area contributed by atoms with Gasteiger partial charge in [0, 0.05) is 18.5 Å². The van der Waals surface area contributed by atoms with Gasteiger partial charge >= 0.3 is 0 Å². The fraction of sp³-hybridized carbons (Fsp3) is 0.900. The lowest BCUT2D eigenvalue weighted by molar-refractivity contribution is -0.122. The molecule has 2 atom stereocenters. The van der Waals surface area contributed by atoms with E-state index in [1.54, 1.807) is 0 Å². The topological polar surface area (TPSA) is 75.3 Å². The average molecular weight is 246 g/mol. The highest BCUT2D eigenvalue weighted by Gasteiger charge is 2.29. The third-order valence-corrected chi connectivity index (χ3v) is 4.96. The average Bonchev–Trinajstić information content (AvgIpc) is 2.76. The zero-order valence-corrected chi connectivity index (χ0v) is 10.1. The Hall–Kier alpha value is -0.620. The molecule has 2 heterocycles. The van der Waals surface area contributed by atoms with Crippen molar-refractivity contribution in [3.8, 4) is 0 Å². The van der Waals surface area contributed by atoms with Crippen molar-refractivity contribution in [1.82, 2.24) is 10.6 Å². The Morgan fingerprint density at radius 1 is 1.38 bits per heavy atom. The Balaban J connectivity index is 1.75. The molecule has 5 nitrogen and oxygen atoms in total. The molecule has 6 heteroatoms. The molecule has 2 fully saturated rings. The Morgan fingerprint density at radius 3 is 2.75 bits per heavy atom. The van der Waals surface area contributed by atoms with Gasteiger partial charge in [0.2, 0.25) is 5.91 Å². The van der Waals surface area contributed by atoms with Crippen LogP contribution in [-0.2, 0) is 14.6 Å². The van der Waals surface area contributed by atoms with Crippen LogP contribution in [0.3, 0.4) is 0 Å². The minimum absolute atomic E-state index is 0.0264. The van der Waals surface area contributed by atoms with E-state index in [0.717, 1.165) is 19.4 Å². The molecule has 2 N–H and O–H groups in total. The summed E-state index contributed by atoms with van der Waals surface area (Å²) in [6, 6.07) is 0.108. The molecular weight excluding hydrogens is 228 g/mol. The first-order valence-electron chi connectivity index (χ1n) is 5.78. The van der Waals surface area contributed by atoms with Crippen LogP contribution >= 0.6 is 0 Å². The minimum Gasteiger partial charge on any atom is -0.352 e. The largest absolute Gasteiger partial charge is 0.352 e. The minimum atomic E-state index is -2.90. The van der Waals surface area contributed by atoms with Gasteiger partial charge in [-0.25, -0.2) is 8.42 Å². The molecule has 92 valence electrons. The molecule has 2 rings (SSSR count). The van der Waals surface area contributed by atoms with Crippen molar-refractivity contribution in [1.29, 1.82) is 0 Å². The lowest BCUT2D eigenvalue weighted by atomic mass is 10.1. The van der Waals surface area contributed by atoms with Crippen molar-refractivity contribution in [3.05, 3.63) is 0 Å². The highest BCUT2D eigenvalue weighted by Crippen LogP contribution is 2.13. The first-order chi connectivity index (χ1) is 7.55. The predicted molar refractivity (Wildman–Crippen MR) is 60.8 cm³/mol. The highest BCUT2D eigenvalue weighted by molar-refractivity contribution is 7.91. The number of hydrogen-bond acceptors (Lipinski definition) is 4. The Bertz CT molecular complexity index is 360. The molecule has 0 radical (unpaired) electrons. The van der Waals surface area contributed by atoms with Gasteiger partial charge in [-0.1, -0.05) is 0 Å². The smallest absolute Gasteiger partial charge is 0.221 e. The SMILES string of the molecule is O=C(CC1CCCN1)NC1CCS(=O)(=O)C1. The lowest BCUT2D eigenvalue weighted by Crippen LogP contribution is -2.38. The van der Waals surface area contributed by atoms with Crippen molar-refractivity contribution >= 4 is 15.7 Å². The maximum absolute atomic E-state index is 11.6. The molecule has 2 aliphatic rings. The van der Waals surface area contributed by atoms with Gasteiger partial charge in [-0.2, -0.15) is 0 Å². The van der Waals surface area contributed by atoms with Crippen LogP contribution in [0.5, 0.6) is 0 Å². The molecule has 16 heavy (non-hydrogen) atoms. The van der Waals surface area contributed by atoms with Gasteiger partial charge in [0.25, 0.3) is 0 Å². The summed E-state index contributed by atoms with van der Waals surface area (Å²) in [6.45, 7) is 0.982. The fourth-order valence-corrected chi connectivity index (χ4v) is 4.02. The maximum Gasteiger partial charge on any atom is 0.221 e. The highest BCUT2D eigenvalue weighted by atomic mass is 32.2. The summed E-state index contributed by atoms with van der Waals surface area (Å²) >= 11 is 0. The van der Waals surface area contributed by atoms with E-state index in [2.05, 4.69) is 10.6 Å². The van der Waals surface area contributed by atoms with Crippen LogP contribution in [0.1, 0.15) is 25.7 Å². The molecule has 0 bridgehead atoms. The Labute approximate surface area is 95.9 Å². The quantitative estimate of drug-likeness (QED) is 0.699. The zero-order valence-electron chi connectivity index (χ0n) is 9.24. The number of hydrogen-bond donors (Lipinski definition) is 2. The molecule has 0 aromatic rings. The Morgan fingerprint density at radius 2 is 2.19 bits per heavy atom. The van der Waals surface area contributed by atoms with Gasteiger partial charge in [-0.05, 0) is 25.8 Å². The van der Waals surface area contributed by atoms with E-state index in [0.29, 0.717) is 12.8 Å². The second kappa shape index (κ2) is 4.71. The van der Waals surface area contributed by atoms with E-state index >= 15 is 0 Å². The molecule has 0 aliphatic carbocycles. The second-order valence-corrected chi connectivity index (χ2v) is 6.89. The standard InChI is InChI=1S/C10H18N2O3S/c13-10(6-8-2-1-4-11-8)12-9-3-5-16(14,15)7-9/h8-9,11H,1-7H2,(H,12,13). The van der Waals surface area contributed by atoms with Gasteiger partial charge in [-0.3, -0.25) is 4.79 Å². The second-order valence-electron chi connectivity index (χ2n) is 4.66. The Kier molecular flexibility index (Phi) is 3.49. The number of carbonyl (C=O) groups is 1. The summed E-state index contributed by atoms with van der Waals surface area (Å²) in [7, 11) is -2.90. The summed E-state index contributed by atoms with van der Waals surface area (Å²) in [5.74, 6) is 0.290. The molecule has 1 amide bonds. The van der Waals surface area contributed by atoms with Crippen molar-refractivity contribution < 1.29 is 13.2 Å². The van der Waals surface area contributed by atoms with E-state index in [-0.39, 0.29) is 29.5 Å². The summed E-state index contributed by atoms with van der Waals surface area (Å²) in [5.41, 5.74) is 0. The number of sulfone groups is 1. The normalized spacial score (nSPS) is 32.8. The van der Waals surface area contributed by atoms with Crippen LogP contribution in [-0.4, -0.2) is 44.5 Å². The molecule has 0 aromatic carbocycles. The number of rotatable bonds is 3. The van der Waals surface area contributed by atoms with Crippen molar-refractivity contribution in [2.24, 2.45) is 0 Å². The first kappa shape index (κ1) is 11.9. The monoisotopic (exact) mass is 246 g/mol. The number of carbonyl (C=O) groups excluding carboxylic acids is 1. The van der Waals surface area contributed by atoms with E-state index in [9.17, 15) is 13.2 Å². The molecule has 2 saturated heterocycles. The van der Waals surface area contributed by atoms with Crippen LogP contribution in [0.25, 0.3) is 0 Å². The van der Waals surface area contributed by atoms with Gasteiger partial charge in [0.15, 0.2) is 9.84 Å². The summed E-state index contributed by atoms with van der Waals surface area (Å²) in [5, 5.41) is 6.05. The van der Waals surface area contributed by atoms with Crippen LogP contribution in [0.4, 0.5) is 0 Å². The third-order valence-electron chi connectivity index (χ3n) is 3.19. The fourth-order valence-electron chi connectivity index (χ4n) is 2.35. The van der Waals surface area contributed by atoms with Gasteiger partial charge in [-0.15, -0.1) is 0 Å². The van der Waals surface area contributed by atoms with Crippen LogP contribution < -0.4 is 10.6 Å². The first-order valence-corrected chi connectivity index (χ1v) is 7.60. The van der Waals surface area contributed by atoms with Crippen LogP contribution in [0, 0.1) is 0 Å². The molecule has 2 unspecified atom stereocenters. The van der Waals surface area contributed by atoms with Crippen LogP contribution in [0.2, 0.25) is 0 Å². The summed E-state index contributed by atoms with van der Waals surface area (Å²) in [4.78, 5) is 11.6. The van der Waals surface area contributed by atoms with Crippen LogP contribution in [0.15, 0.2) is 0 Å². The van der Waals surface area contributed by atoms with Crippen molar-refractivity contribution in [2.45, 2.75) is 37.8 Å². The van der Waals surface area contributed by atoms with Gasteiger partial charge < -0.3 is 10.6 Å². The molecule has 0 saturated carbocycles. The predicted octanol–water partition coefficient (Wildman–Crippen LogP) is -0.568. The van der Waals surface area contributed by atoms with E-state index in [1.807, 2.05) is 0 Å². The summed E-state index contributed by atoms with van der Waals surface area (Å²) < 4.78 is 22.4. The molecule has 0 aromatic heterocycles. The third kappa shape index (κ3) is 3.18. The van der Waals surface area contributed by atoms with Crippen molar-refractivity contribution in [2.75, 3.05) is 18.1 Å². The molecular formula is C10H18N2O3S. The van der Waals surface area contributed by atoms with E-state index < -0.39 is 9.84 Å². The molecule has 2 aliphatic heterocycles. The lowest BCUT2D eigenvalue weighted by Gasteiger charge is -2.13. The van der Waals surface area contributed by atoms with E-state index in [4.69, 9.17) is 0 Å². The van der Waals surface area contributed by atoms with Gasteiger partial charge in [0.1, 0.15) is 0 Å². The maximum atomic E-state index is 11.6. The van der Waals surface area contributed by atoms with E-state index in [1.165, 1.54) is 0 Å².